The van der Waals surface area contributed by atoms with E-state index in [4.69, 9.17) is 9.73 Å². The lowest BCUT2D eigenvalue weighted by atomic mass is 10.2. The van der Waals surface area contributed by atoms with Crippen molar-refractivity contribution >= 4 is 51.5 Å². The van der Waals surface area contributed by atoms with Crippen molar-refractivity contribution < 1.29 is 14.3 Å². The Balaban J connectivity index is 1.54. The van der Waals surface area contributed by atoms with E-state index in [-0.39, 0.29) is 18.2 Å². The summed E-state index contributed by atoms with van der Waals surface area (Å²) in [6, 6.07) is 20.7. The quantitative estimate of drug-likeness (QED) is 0.514. The fourth-order valence-corrected chi connectivity index (χ4v) is 5.01. The molecule has 1 N–H and O–H groups in total. The topological polar surface area (TPSA) is 71.0 Å². The average Bonchev–Trinajstić information content (AvgIpc) is 3.30. The minimum atomic E-state index is -0.569. The van der Waals surface area contributed by atoms with Crippen LogP contribution in [0.1, 0.15) is 18.2 Å². The van der Waals surface area contributed by atoms with Crippen LogP contribution in [0.2, 0.25) is 0 Å². The van der Waals surface area contributed by atoms with Gasteiger partial charge in [0.05, 0.1) is 18.8 Å². The van der Waals surface area contributed by atoms with Crippen LogP contribution in [0.3, 0.4) is 0 Å². The molecule has 1 saturated heterocycles. The SMILES string of the molecule is CCOc1cccc(NC(=O)C2CC(=O)N(Cc3cccs3)C(=Nc3ccccc3)S2)c1. The summed E-state index contributed by atoms with van der Waals surface area (Å²) in [5.74, 6) is 0.342. The van der Waals surface area contributed by atoms with Crippen LogP contribution >= 0.6 is 23.1 Å². The molecule has 0 bridgehead atoms. The largest absolute Gasteiger partial charge is 0.494 e. The van der Waals surface area contributed by atoms with Gasteiger partial charge in [-0.1, -0.05) is 42.1 Å². The summed E-state index contributed by atoms with van der Waals surface area (Å²) in [4.78, 5) is 33.5. The zero-order valence-electron chi connectivity index (χ0n) is 17.6. The van der Waals surface area contributed by atoms with Crippen LogP contribution in [0.5, 0.6) is 5.75 Å². The number of thioether (sulfide) groups is 1. The normalized spacial score (nSPS) is 17.4. The molecular weight excluding hydrogens is 442 g/mol. The van der Waals surface area contributed by atoms with E-state index < -0.39 is 5.25 Å². The predicted molar refractivity (Wildman–Crippen MR) is 131 cm³/mol. The minimum Gasteiger partial charge on any atom is -0.494 e. The second kappa shape index (κ2) is 10.5. The first kappa shape index (κ1) is 22.1. The molecule has 1 aliphatic heterocycles. The highest BCUT2D eigenvalue weighted by Gasteiger charge is 2.36. The number of aliphatic imine (C=N–C) groups is 1. The number of ether oxygens (including phenoxy) is 1. The molecule has 164 valence electrons. The number of thiophene rings is 1. The molecule has 4 rings (SSSR count). The highest BCUT2D eigenvalue weighted by molar-refractivity contribution is 8.15. The van der Waals surface area contributed by atoms with Crippen molar-refractivity contribution in [2.75, 3.05) is 11.9 Å². The number of anilines is 1. The van der Waals surface area contributed by atoms with Crippen molar-refractivity contribution in [2.45, 2.75) is 25.1 Å². The van der Waals surface area contributed by atoms with E-state index in [1.54, 1.807) is 28.4 Å². The number of carbonyl (C=O) groups is 2. The highest BCUT2D eigenvalue weighted by atomic mass is 32.2. The summed E-state index contributed by atoms with van der Waals surface area (Å²) in [5, 5.41) is 4.86. The molecule has 0 spiro atoms. The Kier molecular flexibility index (Phi) is 7.24. The van der Waals surface area contributed by atoms with E-state index >= 15 is 0 Å². The van der Waals surface area contributed by atoms with Gasteiger partial charge in [-0.05, 0) is 42.6 Å². The number of nitrogens with one attached hydrogen (secondary N) is 1. The monoisotopic (exact) mass is 465 g/mol. The Bertz CT molecular complexity index is 1100. The summed E-state index contributed by atoms with van der Waals surface area (Å²) in [7, 11) is 0. The van der Waals surface area contributed by atoms with E-state index in [0.29, 0.717) is 29.8 Å². The molecule has 0 aliphatic carbocycles. The van der Waals surface area contributed by atoms with Crippen molar-refractivity contribution in [3.63, 3.8) is 0 Å². The van der Waals surface area contributed by atoms with Crippen molar-refractivity contribution in [1.29, 1.82) is 0 Å². The summed E-state index contributed by atoms with van der Waals surface area (Å²) in [6.45, 7) is 2.90. The second-order valence-corrected chi connectivity index (χ2v) is 9.25. The zero-order chi connectivity index (χ0) is 22.3. The molecule has 1 atom stereocenters. The summed E-state index contributed by atoms with van der Waals surface area (Å²) < 4.78 is 5.50. The lowest BCUT2D eigenvalue weighted by Crippen LogP contribution is -2.44. The van der Waals surface area contributed by atoms with Gasteiger partial charge in [-0.3, -0.25) is 14.5 Å². The molecule has 3 aromatic rings. The predicted octanol–water partition coefficient (Wildman–Crippen LogP) is 5.31. The number of carbonyl (C=O) groups excluding carboxylic acids is 2. The van der Waals surface area contributed by atoms with Gasteiger partial charge in [-0.15, -0.1) is 11.3 Å². The molecule has 32 heavy (non-hydrogen) atoms. The number of hydrogen-bond acceptors (Lipinski definition) is 6. The molecule has 6 nitrogen and oxygen atoms in total. The van der Waals surface area contributed by atoms with Gasteiger partial charge in [0, 0.05) is 23.1 Å². The third-order valence-electron chi connectivity index (χ3n) is 4.72. The van der Waals surface area contributed by atoms with Crippen molar-refractivity contribution in [3.8, 4) is 5.75 Å². The summed E-state index contributed by atoms with van der Waals surface area (Å²) in [5.41, 5.74) is 1.38. The molecule has 1 aliphatic rings. The molecule has 2 amide bonds. The van der Waals surface area contributed by atoms with Crippen molar-refractivity contribution in [2.24, 2.45) is 4.99 Å². The van der Waals surface area contributed by atoms with Crippen molar-refractivity contribution in [1.82, 2.24) is 4.90 Å². The van der Waals surface area contributed by atoms with Gasteiger partial charge in [-0.2, -0.15) is 0 Å². The third kappa shape index (κ3) is 5.57. The molecule has 1 aromatic heterocycles. The number of benzene rings is 2. The number of para-hydroxylation sites is 1. The van der Waals surface area contributed by atoms with E-state index in [0.717, 1.165) is 10.6 Å². The highest BCUT2D eigenvalue weighted by Crippen LogP contribution is 2.31. The van der Waals surface area contributed by atoms with E-state index in [1.165, 1.54) is 11.8 Å². The second-order valence-electron chi connectivity index (χ2n) is 7.05. The molecule has 0 saturated carbocycles. The number of amides is 2. The zero-order valence-corrected chi connectivity index (χ0v) is 19.2. The molecule has 0 radical (unpaired) electrons. The van der Waals surface area contributed by atoms with Gasteiger partial charge < -0.3 is 10.1 Å². The molecule has 2 aromatic carbocycles. The van der Waals surface area contributed by atoms with Gasteiger partial charge in [0.2, 0.25) is 11.8 Å². The molecule has 8 heteroatoms. The average molecular weight is 466 g/mol. The van der Waals surface area contributed by atoms with E-state index in [9.17, 15) is 9.59 Å². The van der Waals surface area contributed by atoms with Crippen LogP contribution in [-0.2, 0) is 16.1 Å². The third-order valence-corrected chi connectivity index (χ3v) is 6.77. The van der Waals surface area contributed by atoms with Crippen LogP contribution in [0, 0.1) is 0 Å². The van der Waals surface area contributed by atoms with E-state index in [2.05, 4.69) is 5.32 Å². The van der Waals surface area contributed by atoms with Gasteiger partial charge >= 0.3 is 0 Å². The molecule has 2 heterocycles. The number of nitrogens with zero attached hydrogens (tertiary/aromatic N) is 2. The molecule has 1 fully saturated rings. The van der Waals surface area contributed by atoms with Crippen LogP contribution in [0.15, 0.2) is 77.1 Å². The maximum absolute atomic E-state index is 13.1. The van der Waals surface area contributed by atoms with Crippen molar-refractivity contribution in [3.05, 3.63) is 77.0 Å². The summed E-state index contributed by atoms with van der Waals surface area (Å²) in [6.07, 6.45) is 0.112. The Labute approximate surface area is 195 Å². The summed E-state index contributed by atoms with van der Waals surface area (Å²) >= 11 is 2.91. The van der Waals surface area contributed by atoms with Gasteiger partial charge in [0.25, 0.3) is 0 Å². The molecular formula is C24H23N3O3S2. The van der Waals surface area contributed by atoms with Crippen LogP contribution in [-0.4, -0.2) is 33.7 Å². The number of hydrogen-bond donors (Lipinski definition) is 1. The minimum absolute atomic E-state index is 0.112. The first-order chi connectivity index (χ1) is 15.6. The molecule has 1 unspecified atom stereocenters. The van der Waals surface area contributed by atoms with Gasteiger partial charge in [0.1, 0.15) is 11.0 Å². The number of amidine groups is 1. The smallest absolute Gasteiger partial charge is 0.238 e. The standard InChI is InChI=1S/C24H23N3O3S2/c1-2-30-19-11-6-10-18(14-19)25-23(29)21-15-22(28)27(16-20-12-7-13-31-20)24(32-21)26-17-8-4-3-5-9-17/h3-14,21H,2,15-16H2,1H3,(H,25,29). The maximum atomic E-state index is 13.1. The van der Waals surface area contributed by atoms with Crippen LogP contribution < -0.4 is 10.1 Å². The first-order valence-electron chi connectivity index (χ1n) is 10.3. The van der Waals surface area contributed by atoms with Crippen LogP contribution in [0.25, 0.3) is 0 Å². The van der Waals surface area contributed by atoms with E-state index in [1.807, 2.05) is 66.9 Å². The Morgan fingerprint density at radius 2 is 2.00 bits per heavy atom. The van der Waals surface area contributed by atoms with Gasteiger partial charge in [0.15, 0.2) is 5.17 Å². The fourth-order valence-electron chi connectivity index (χ4n) is 3.22. The fraction of sp³-hybridized carbons (Fsp3) is 0.208. The maximum Gasteiger partial charge on any atom is 0.238 e. The lowest BCUT2D eigenvalue weighted by molar-refractivity contribution is -0.129. The Morgan fingerprint density at radius 3 is 2.75 bits per heavy atom. The first-order valence-corrected chi connectivity index (χ1v) is 12.0. The number of rotatable bonds is 7. The Morgan fingerprint density at radius 1 is 1.16 bits per heavy atom. The lowest BCUT2D eigenvalue weighted by Gasteiger charge is -2.31. The van der Waals surface area contributed by atoms with Crippen LogP contribution in [0.4, 0.5) is 11.4 Å². The van der Waals surface area contributed by atoms with Gasteiger partial charge in [-0.25, -0.2) is 4.99 Å². The Hall–Kier alpha value is -3.10.